The molecule has 2 aliphatic rings. The van der Waals surface area contributed by atoms with Crippen LogP contribution in [0.25, 0.3) is 0 Å². The highest BCUT2D eigenvalue weighted by atomic mass is 16.5. The van der Waals surface area contributed by atoms with Crippen LogP contribution in [0.3, 0.4) is 0 Å². The molecule has 0 radical (unpaired) electrons. The van der Waals surface area contributed by atoms with Crippen molar-refractivity contribution in [2.75, 3.05) is 58.2 Å². The first kappa shape index (κ1) is 29.0. The Morgan fingerprint density at radius 1 is 1.23 bits per heavy atom. The molecular formula is C28H44N8O3. The van der Waals surface area contributed by atoms with Crippen molar-refractivity contribution in [3.63, 3.8) is 0 Å². The minimum atomic E-state index is -0.312. The number of nitrogens with one attached hydrogen (secondary N) is 4. The quantitative estimate of drug-likeness (QED) is 0.195. The van der Waals surface area contributed by atoms with Crippen molar-refractivity contribution in [2.45, 2.75) is 57.5 Å². The van der Waals surface area contributed by atoms with Gasteiger partial charge in [0.1, 0.15) is 0 Å². The normalized spacial score (nSPS) is 17.5. The zero-order valence-electron chi connectivity index (χ0n) is 23.3. The molecule has 214 valence electrons. The summed E-state index contributed by atoms with van der Waals surface area (Å²) in [6.45, 7) is 8.09. The predicted octanol–water partition coefficient (Wildman–Crippen LogP) is 2.18. The van der Waals surface area contributed by atoms with Crippen LogP contribution in [0.2, 0.25) is 0 Å². The van der Waals surface area contributed by atoms with Crippen LogP contribution in [0.5, 0.6) is 11.5 Å². The van der Waals surface area contributed by atoms with E-state index in [-0.39, 0.29) is 23.7 Å². The van der Waals surface area contributed by atoms with E-state index in [4.69, 9.17) is 10.5 Å². The summed E-state index contributed by atoms with van der Waals surface area (Å²) in [7, 11) is 1.95. The van der Waals surface area contributed by atoms with E-state index in [2.05, 4.69) is 38.1 Å². The predicted molar refractivity (Wildman–Crippen MR) is 154 cm³/mol. The average molecular weight is 541 g/mol. The van der Waals surface area contributed by atoms with Gasteiger partial charge in [-0.2, -0.15) is 4.98 Å². The molecule has 39 heavy (non-hydrogen) atoms. The molecule has 1 saturated heterocycles. The molecule has 1 fully saturated rings. The second-order valence-corrected chi connectivity index (χ2v) is 10.5. The minimum absolute atomic E-state index is 0.0360. The summed E-state index contributed by atoms with van der Waals surface area (Å²) in [6.07, 6.45) is 7.66. The van der Waals surface area contributed by atoms with Gasteiger partial charge < -0.3 is 36.6 Å². The van der Waals surface area contributed by atoms with Crippen LogP contribution in [0, 0.1) is 0 Å². The average Bonchev–Trinajstić information content (AvgIpc) is 2.92. The number of carbonyl (C=O) groups is 1. The number of nitrogens with two attached hydrogens (primary N) is 1. The summed E-state index contributed by atoms with van der Waals surface area (Å²) in [4.78, 5) is 32.3. The second-order valence-electron chi connectivity index (χ2n) is 10.5. The fourth-order valence-corrected chi connectivity index (χ4v) is 5.24. The summed E-state index contributed by atoms with van der Waals surface area (Å²) >= 11 is 0. The second kappa shape index (κ2) is 14.4. The molecule has 1 aromatic heterocycles. The van der Waals surface area contributed by atoms with Crippen molar-refractivity contribution < 1.29 is 9.53 Å². The van der Waals surface area contributed by atoms with Gasteiger partial charge in [0.25, 0.3) is 5.91 Å². The zero-order chi connectivity index (χ0) is 27.6. The molecule has 11 nitrogen and oxygen atoms in total. The zero-order valence-corrected chi connectivity index (χ0v) is 23.3. The highest BCUT2D eigenvalue weighted by Crippen LogP contribution is 2.40. The molecule has 1 amide bonds. The number of nitrogens with zero attached hydrogens (tertiary/aromatic N) is 3. The molecule has 0 bridgehead atoms. The van der Waals surface area contributed by atoms with E-state index in [0.29, 0.717) is 35.1 Å². The van der Waals surface area contributed by atoms with Gasteiger partial charge in [0.2, 0.25) is 0 Å². The Bertz CT molecular complexity index is 1150. The number of fused-ring (bicyclic) bond motifs is 2. The number of carbonyl (C=O) groups excluding carboxylic acids is 1. The van der Waals surface area contributed by atoms with Crippen LogP contribution in [-0.4, -0.2) is 79.3 Å². The lowest BCUT2D eigenvalue weighted by molar-refractivity contribution is 0.0946. The highest BCUT2D eigenvalue weighted by molar-refractivity contribution is 5.96. The van der Waals surface area contributed by atoms with Gasteiger partial charge in [0.05, 0.1) is 11.9 Å². The van der Waals surface area contributed by atoms with E-state index < -0.39 is 0 Å². The number of piperidine rings is 1. The van der Waals surface area contributed by atoms with Gasteiger partial charge in [-0.3, -0.25) is 9.36 Å². The number of hydrogen-bond acceptors (Lipinski definition) is 9. The van der Waals surface area contributed by atoms with Crippen LogP contribution < -0.4 is 37.4 Å². The lowest BCUT2D eigenvalue weighted by Gasteiger charge is -2.30. The summed E-state index contributed by atoms with van der Waals surface area (Å²) in [6, 6.07) is 5.51. The van der Waals surface area contributed by atoms with E-state index in [1.54, 1.807) is 29.0 Å². The first-order chi connectivity index (χ1) is 19.0. The Balaban J connectivity index is 1.36. The number of likely N-dealkylation sites (tertiary alicyclic amines) is 1. The maximum absolute atomic E-state index is 13.0. The third-order valence-corrected chi connectivity index (χ3v) is 7.34. The standard InChI is InChI=1S/C28H44N8O3/c1-3-6-22(10-13-31-12-5-11-30-2)36-19-25-26(34-28(36)38)33-23-17-20(8-9-24(23)39-25)27(37)32-14-16-35-15-4-7-21(29)18-35/h8-9,17,19,21-22,30-31H,3-7,10-16,18,29H2,1-2H3,(H,32,37)(H,33,34,38)/t21-,22?/m0/s1. The first-order valence-corrected chi connectivity index (χ1v) is 14.3. The number of benzene rings is 1. The molecule has 0 spiro atoms. The third kappa shape index (κ3) is 8.01. The monoisotopic (exact) mass is 540 g/mol. The molecule has 1 unspecified atom stereocenters. The van der Waals surface area contributed by atoms with Gasteiger partial charge in [0.15, 0.2) is 17.3 Å². The minimum Gasteiger partial charge on any atom is -0.450 e. The van der Waals surface area contributed by atoms with Crippen molar-refractivity contribution in [1.82, 2.24) is 30.4 Å². The van der Waals surface area contributed by atoms with Crippen LogP contribution in [0.15, 0.2) is 29.2 Å². The number of hydrogen-bond donors (Lipinski definition) is 5. The molecule has 6 N–H and O–H groups in total. The van der Waals surface area contributed by atoms with Crippen LogP contribution in [-0.2, 0) is 0 Å². The Morgan fingerprint density at radius 2 is 2.10 bits per heavy atom. The maximum atomic E-state index is 13.0. The largest absolute Gasteiger partial charge is 0.450 e. The Kier molecular flexibility index (Phi) is 10.7. The fourth-order valence-electron chi connectivity index (χ4n) is 5.24. The lowest BCUT2D eigenvalue weighted by atomic mass is 10.1. The molecule has 11 heteroatoms. The number of anilines is 2. The van der Waals surface area contributed by atoms with Crippen molar-refractivity contribution >= 4 is 17.4 Å². The van der Waals surface area contributed by atoms with Crippen molar-refractivity contribution in [3.05, 3.63) is 40.4 Å². The number of amides is 1. The molecule has 2 atom stereocenters. The summed E-state index contributed by atoms with van der Waals surface area (Å²) in [5.74, 6) is 1.30. The Labute approximate surface area is 230 Å². The van der Waals surface area contributed by atoms with Crippen LogP contribution in [0.1, 0.15) is 61.8 Å². The van der Waals surface area contributed by atoms with Crippen LogP contribution >= 0.6 is 0 Å². The topological polar surface area (TPSA) is 139 Å². The third-order valence-electron chi connectivity index (χ3n) is 7.34. The van der Waals surface area contributed by atoms with E-state index in [9.17, 15) is 9.59 Å². The first-order valence-electron chi connectivity index (χ1n) is 14.3. The van der Waals surface area contributed by atoms with E-state index in [1.165, 1.54) is 0 Å². The van der Waals surface area contributed by atoms with E-state index in [1.807, 2.05) is 7.05 Å². The van der Waals surface area contributed by atoms with Gasteiger partial charge in [-0.1, -0.05) is 13.3 Å². The summed E-state index contributed by atoms with van der Waals surface area (Å²) in [5.41, 5.74) is 6.87. The Morgan fingerprint density at radius 3 is 2.90 bits per heavy atom. The van der Waals surface area contributed by atoms with Crippen LogP contribution in [0.4, 0.5) is 11.5 Å². The summed E-state index contributed by atoms with van der Waals surface area (Å²) < 4.78 is 7.81. The van der Waals surface area contributed by atoms with Gasteiger partial charge in [0, 0.05) is 37.3 Å². The molecule has 4 rings (SSSR count). The molecular weight excluding hydrogens is 496 g/mol. The molecule has 2 aromatic rings. The van der Waals surface area contributed by atoms with Gasteiger partial charge >= 0.3 is 5.69 Å². The number of aromatic nitrogens is 2. The molecule has 0 aliphatic carbocycles. The van der Waals surface area contributed by atoms with E-state index >= 15 is 0 Å². The highest BCUT2D eigenvalue weighted by Gasteiger charge is 2.23. The SMILES string of the molecule is CCCC(CCNCCCNC)n1cc2c(nc1=O)Nc1cc(C(=O)NCCN3CCC[C@H](N)C3)ccc1O2. The van der Waals surface area contributed by atoms with E-state index in [0.717, 1.165) is 77.8 Å². The number of rotatable bonds is 14. The lowest BCUT2D eigenvalue weighted by Crippen LogP contribution is -2.45. The Hall–Kier alpha value is -2.99. The summed E-state index contributed by atoms with van der Waals surface area (Å²) in [5, 5.41) is 12.8. The van der Waals surface area contributed by atoms with Gasteiger partial charge in [-0.25, -0.2) is 4.79 Å². The molecule has 0 saturated carbocycles. The van der Waals surface area contributed by atoms with Crippen molar-refractivity contribution in [3.8, 4) is 11.5 Å². The van der Waals surface area contributed by atoms with Gasteiger partial charge in [-0.05, 0) is 83.5 Å². The fraction of sp³-hybridized carbons (Fsp3) is 0.607. The number of ether oxygens (including phenoxy) is 1. The molecule has 2 aliphatic heterocycles. The molecule has 1 aromatic carbocycles. The van der Waals surface area contributed by atoms with Crippen molar-refractivity contribution in [2.24, 2.45) is 5.73 Å². The van der Waals surface area contributed by atoms with Gasteiger partial charge in [-0.15, -0.1) is 0 Å². The van der Waals surface area contributed by atoms with Crippen molar-refractivity contribution in [1.29, 1.82) is 0 Å². The smallest absolute Gasteiger partial charge is 0.350 e. The maximum Gasteiger partial charge on any atom is 0.350 e. The molecule has 3 heterocycles.